The van der Waals surface area contributed by atoms with E-state index in [9.17, 15) is 13.2 Å². The summed E-state index contributed by atoms with van der Waals surface area (Å²) in [5, 5.41) is 0. The van der Waals surface area contributed by atoms with Gasteiger partial charge in [-0.15, -0.1) is 0 Å². The van der Waals surface area contributed by atoms with Crippen molar-refractivity contribution in [2.45, 2.75) is 40.8 Å². The van der Waals surface area contributed by atoms with Gasteiger partial charge in [-0.05, 0) is 38.0 Å². The summed E-state index contributed by atoms with van der Waals surface area (Å²) in [6.07, 6.45) is -4.34. The Labute approximate surface area is 88.3 Å². The van der Waals surface area contributed by atoms with Crippen molar-refractivity contribution < 1.29 is 13.2 Å². The van der Waals surface area contributed by atoms with E-state index in [4.69, 9.17) is 0 Å². The highest BCUT2D eigenvalue weighted by atomic mass is 19.4. The number of hydrogen-bond acceptors (Lipinski definition) is 1. The van der Waals surface area contributed by atoms with Gasteiger partial charge in [0.05, 0.1) is 0 Å². The first-order chi connectivity index (χ1) is 6.82. The highest BCUT2D eigenvalue weighted by Gasteiger charge is 2.32. The summed E-state index contributed by atoms with van der Waals surface area (Å²) in [7, 11) is 0. The molecular formula is C11H16F3N. The minimum Gasteiger partial charge on any atom is -0.248 e. The zero-order valence-electron chi connectivity index (χ0n) is 9.66. The molecule has 86 valence electrons. The Morgan fingerprint density at radius 2 is 1.53 bits per heavy atom. The monoisotopic (exact) mass is 219 g/mol. The molecule has 0 saturated carbocycles. The van der Waals surface area contributed by atoms with Crippen LogP contribution in [0.3, 0.4) is 0 Å². The van der Waals surface area contributed by atoms with Gasteiger partial charge in [0.2, 0.25) is 0 Å². The van der Waals surface area contributed by atoms with Crippen molar-refractivity contribution in [2.24, 2.45) is 0 Å². The van der Waals surface area contributed by atoms with E-state index in [2.05, 4.69) is 4.98 Å². The van der Waals surface area contributed by atoms with Crippen LogP contribution in [-0.2, 0) is 6.18 Å². The van der Waals surface area contributed by atoms with E-state index < -0.39 is 11.9 Å². The molecule has 0 unspecified atom stereocenters. The van der Waals surface area contributed by atoms with Gasteiger partial charge in [0.15, 0.2) is 0 Å². The van der Waals surface area contributed by atoms with Crippen LogP contribution in [0.25, 0.3) is 0 Å². The van der Waals surface area contributed by atoms with Gasteiger partial charge in [-0.2, -0.15) is 13.2 Å². The van der Waals surface area contributed by atoms with Gasteiger partial charge in [0, 0.05) is 5.69 Å². The van der Waals surface area contributed by atoms with Gasteiger partial charge in [-0.3, -0.25) is 0 Å². The summed E-state index contributed by atoms with van der Waals surface area (Å²) in [5.74, 6) is 0. The smallest absolute Gasteiger partial charge is 0.248 e. The number of halogens is 3. The average molecular weight is 219 g/mol. The zero-order chi connectivity index (χ0) is 12.2. The molecule has 0 amide bonds. The van der Waals surface area contributed by atoms with Gasteiger partial charge in [0.25, 0.3) is 0 Å². The van der Waals surface area contributed by atoms with Crippen LogP contribution in [0, 0.1) is 20.8 Å². The second-order valence-corrected chi connectivity index (χ2v) is 3.03. The van der Waals surface area contributed by atoms with Gasteiger partial charge < -0.3 is 0 Å². The minimum atomic E-state index is -4.34. The lowest BCUT2D eigenvalue weighted by molar-refractivity contribution is -0.141. The van der Waals surface area contributed by atoms with Crippen LogP contribution in [0.4, 0.5) is 13.2 Å². The molecule has 0 aliphatic carbocycles. The van der Waals surface area contributed by atoms with Gasteiger partial charge >= 0.3 is 6.18 Å². The molecule has 1 rings (SSSR count). The number of hydrogen-bond donors (Lipinski definition) is 0. The molecule has 0 aromatic carbocycles. The van der Waals surface area contributed by atoms with Crippen molar-refractivity contribution in [1.29, 1.82) is 0 Å². The molecular weight excluding hydrogens is 203 g/mol. The number of pyridine rings is 1. The number of alkyl halides is 3. The fourth-order valence-electron chi connectivity index (χ4n) is 1.04. The maximum Gasteiger partial charge on any atom is 0.433 e. The molecule has 1 nitrogen and oxygen atoms in total. The zero-order valence-corrected chi connectivity index (χ0v) is 9.66. The number of nitrogens with zero attached hydrogens (tertiary/aromatic N) is 1. The van der Waals surface area contributed by atoms with Crippen molar-refractivity contribution in [1.82, 2.24) is 4.98 Å². The molecule has 0 aliphatic rings. The molecule has 0 aliphatic heterocycles. The summed E-state index contributed by atoms with van der Waals surface area (Å²) >= 11 is 0. The predicted octanol–water partition coefficient (Wildman–Crippen LogP) is 4.05. The van der Waals surface area contributed by atoms with E-state index in [-0.39, 0.29) is 0 Å². The molecule has 1 heterocycles. The van der Waals surface area contributed by atoms with Gasteiger partial charge in [-0.1, -0.05) is 13.8 Å². The lowest BCUT2D eigenvalue weighted by atomic mass is 10.1. The van der Waals surface area contributed by atoms with Crippen molar-refractivity contribution in [2.75, 3.05) is 0 Å². The summed E-state index contributed by atoms with van der Waals surface area (Å²) in [5.41, 5.74) is 1.06. The van der Waals surface area contributed by atoms with E-state index in [1.165, 1.54) is 0 Å². The molecule has 0 spiro atoms. The van der Waals surface area contributed by atoms with E-state index in [0.29, 0.717) is 11.3 Å². The van der Waals surface area contributed by atoms with Crippen LogP contribution >= 0.6 is 0 Å². The van der Waals surface area contributed by atoms with E-state index in [1.807, 2.05) is 13.8 Å². The largest absolute Gasteiger partial charge is 0.433 e. The van der Waals surface area contributed by atoms with Crippen molar-refractivity contribution in [3.63, 3.8) is 0 Å². The maximum atomic E-state index is 12.2. The predicted molar refractivity (Wildman–Crippen MR) is 54.8 cm³/mol. The lowest BCUT2D eigenvalue weighted by Crippen LogP contribution is -2.10. The van der Waals surface area contributed by atoms with E-state index in [1.54, 1.807) is 20.8 Å². The third kappa shape index (κ3) is 3.53. The molecule has 0 N–H and O–H groups in total. The SMILES string of the molecule is CC.Cc1cc(C(F)(F)F)nc(C)c1C. The number of aromatic nitrogens is 1. The van der Waals surface area contributed by atoms with Crippen LogP contribution in [0.15, 0.2) is 6.07 Å². The van der Waals surface area contributed by atoms with E-state index >= 15 is 0 Å². The average Bonchev–Trinajstić information content (AvgIpc) is 2.15. The quantitative estimate of drug-likeness (QED) is 0.641. The van der Waals surface area contributed by atoms with E-state index in [0.717, 1.165) is 11.6 Å². The van der Waals surface area contributed by atoms with Crippen LogP contribution < -0.4 is 0 Å². The molecule has 1 aromatic heterocycles. The Morgan fingerprint density at radius 3 is 1.87 bits per heavy atom. The topological polar surface area (TPSA) is 12.9 Å². The molecule has 15 heavy (non-hydrogen) atoms. The molecule has 0 bridgehead atoms. The fraction of sp³-hybridized carbons (Fsp3) is 0.545. The normalized spacial score (nSPS) is 10.7. The molecule has 1 aromatic rings. The summed E-state index contributed by atoms with van der Waals surface area (Å²) in [4.78, 5) is 3.48. The molecule has 0 fully saturated rings. The third-order valence-corrected chi connectivity index (χ3v) is 2.07. The second kappa shape index (κ2) is 5.14. The van der Waals surface area contributed by atoms with Crippen molar-refractivity contribution in [3.05, 3.63) is 28.6 Å². The standard InChI is InChI=1S/C9H10F3N.C2H6/c1-5-4-8(9(10,11)12)13-7(3)6(5)2;1-2/h4H,1-3H3;1-2H3. The highest BCUT2D eigenvalue weighted by Crippen LogP contribution is 2.29. The first-order valence-corrected chi connectivity index (χ1v) is 4.84. The Balaban J connectivity index is 0.000000921. The van der Waals surface area contributed by atoms with Crippen LogP contribution in [0.5, 0.6) is 0 Å². The maximum absolute atomic E-state index is 12.2. The van der Waals surface area contributed by atoms with Crippen LogP contribution in [0.1, 0.15) is 36.4 Å². The highest BCUT2D eigenvalue weighted by molar-refractivity contribution is 5.30. The fourth-order valence-corrected chi connectivity index (χ4v) is 1.04. The summed E-state index contributed by atoms with van der Waals surface area (Å²) < 4.78 is 36.7. The second-order valence-electron chi connectivity index (χ2n) is 3.03. The third-order valence-electron chi connectivity index (χ3n) is 2.07. The lowest BCUT2D eigenvalue weighted by Gasteiger charge is -2.10. The Bertz CT molecular complexity index is 306. The Morgan fingerprint density at radius 1 is 1.07 bits per heavy atom. The van der Waals surface area contributed by atoms with Crippen LogP contribution in [0.2, 0.25) is 0 Å². The van der Waals surface area contributed by atoms with Gasteiger partial charge in [-0.25, -0.2) is 4.98 Å². The molecule has 0 radical (unpaired) electrons. The van der Waals surface area contributed by atoms with Crippen LogP contribution in [-0.4, -0.2) is 4.98 Å². The summed E-state index contributed by atoms with van der Waals surface area (Å²) in [6, 6.07) is 1.07. The van der Waals surface area contributed by atoms with Crippen molar-refractivity contribution >= 4 is 0 Å². The number of aryl methyl sites for hydroxylation is 2. The first-order valence-electron chi connectivity index (χ1n) is 4.84. The molecule has 4 heteroatoms. The molecule has 0 atom stereocenters. The minimum absolute atomic E-state index is 0.437. The first kappa shape index (κ1) is 13.9. The number of rotatable bonds is 0. The Kier molecular flexibility index (Phi) is 4.78. The van der Waals surface area contributed by atoms with Crippen molar-refractivity contribution in [3.8, 4) is 0 Å². The summed E-state index contributed by atoms with van der Waals surface area (Å²) in [6.45, 7) is 8.99. The Hall–Kier alpha value is -1.06. The van der Waals surface area contributed by atoms with Gasteiger partial charge in [0.1, 0.15) is 5.69 Å². The molecule has 0 saturated heterocycles.